The third-order valence-electron chi connectivity index (χ3n) is 2.72. The van der Waals surface area contributed by atoms with Gasteiger partial charge in [-0.05, 0) is 24.8 Å². The van der Waals surface area contributed by atoms with Crippen molar-refractivity contribution in [3.8, 4) is 5.88 Å². The number of aliphatic hydroxyl groups excluding tert-OH is 1. The van der Waals surface area contributed by atoms with E-state index in [-0.39, 0.29) is 6.10 Å². The summed E-state index contributed by atoms with van der Waals surface area (Å²) in [6.07, 6.45) is 1.71. The summed E-state index contributed by atoms with van der Waals surface area (Å²) in [5, 5.41) is 12.4. The number of aliphatic hydroxyl groups is 1. The van der Waals surface area contributed by atoms with Crippen LogP contribution in [0.1, 0.15) is 12.8 Å². The van der Waals surface area contributed by atoms with Crippen molar-refractivity contribution in [1.82, 2.24) is 4.98 Å². The van der Waals surface area contributed by atoms with E-state index in [1.807, 2.05) is 18.2 Å². The first-order chi connectivity index (χ1) is 7.28. The number of nitrogens with one attached hydrogen (secondary N) is 1. The van der Waals surface area contributed by atoms with Crippen molar-refractivity contribution in [2.75, 3.05) is 19.0 Å². The predicted molar refractivity (Wildman–Crippen MR) is 58.0 cm³/mol. The molecular weight excluding hydrogens is 192 g/mol. The lowest BCUT2D eigenvalue weighted by Gasteiger charge is -2.31. The molecule has 0 unspecified atom stereocenters. The van der Waals surface area contributed by atoms with Crippen molar-refractivity contribution in [2.24, 2.45) is 5.92 Å². The minimum atomic E-state index is -0.0879. The molecule has 1 aromatic heterocycles. The fraction of sp³-hybridized carbons (Fsp3) is 0.545. The van der Waals surface area contributed by atoms with Crippen LogP contribution in [0.2, 0.25) is 0 Å². The highest BCUT2D eigenvalue weighted by Gasteiger charge is 2.26. The fourth-order valence-corrected chi connectivity index (χ4v) is 1.74. The van der Waals surface area contributed by atoms with Gasteiger partial charge < -0.3 is 15.2 Å². The van der Waals surface area contributed by atoms with Crippen LogP contribution in [0.4, 0.5) is 5.82 Å². The van der Waals surface area contributed by atoms with E-state index in [9.17, 15) is 0 Å². The van der Waals surface area contributed by atoms with Crippen LogP contribution in [-0.2, 0) is 0 Å². The minimum absolute atomic E-state index is 0.0879. The molecule has 1 fully saturated rings. The van der Waals surface area contributed by atoms with Gasteiger partial charge >= 0.3 is 0 Å². The van der Waals surface area contributed by atoms with E-state index >= 15 is 0 Å². The second-order valence-corrected chi connectivity index (χ2v) is 3.94. The van der Waals surface area contributed by atoms with Gasteiger partial charge in [-0.25, -0.2) is 0 Å². The van der Waals surface area contributed by atoms with Crippen LogP contribution in [0.25, 0.3) is 0 Å². The van der Waals surface area contributed by atoms with E-state index in [0.29, 0.717) is 11.8 Å². The number of ether oxygens (including phenoxy) is 1. The van der Waals surface area contributed by atoms with Gasteiger partial charge in [0, 0.05) is 12.6 Å². The molecule has 0 bridgehead atoms. The summed E-state index contributed by atoms with van der Waals surface area (Å²) in [4.78, 5) is 4.24. The van der Waals surface area contributed by atoms with Crippen LogP contribution in [-0.4, -0.2) is 29.8 Å². The Morgan fingerprint density at radius 2 is 2.33 bits per heavy atom. The first-order valence-electron chi connectivity index (χ1n) is 5.21. The summed E-state index contributed by atoms with van der Waals surface area (Å²) in [5.41, 5.74) is 0. The molecule has 0 spiro atoms. The molecule has 2 rings (SSSR count). The van der Waals surface area contributed by atoms with Gasteiger partial charge in [-0.2, -0.15) is 4.98 Å². The lowest BCUT2D eigenvalue weighted by Crippen LogP contribution is -2.33. The molecule has 82 valence electrons. The van der Waals surface area contributed by atoms with E-state index in [1.165, 1.54) is 0 Å². The molecule has 15 heavy (non-hydrogen) atoms. The van der Waals surface area contributed by atoms with Crippen LogP contribution in [0.3, 0.4) is 0 Å². The molecule has 2 N–H and O–H groups in total. The van der Waals surface area contributed by atoms with Gasteiger partial charge in [0.2, 0.25) is 5.88 Å². The third kappa shape index (κ3) is 2.59. The summed E-state index contributed by atoms with van der Waals surface area (Å²) >= 11 is 0. The van der Waals surface area contributed by atoms with Crippen LogP contribution < -0.4 is 10.1 Å². The first kappa shape index (κ1) is 10.2. The first-order valence-corrected chi connectivity index (χ1v) is 5.21. The Morgan fingerprint density at radius 3 is 3.00 bits per heavy atom. The van der Waals surface area contributed by atoms with Crippen molar-refractivity contribution in [1.29, 1.82) is 0 Å². The smallest absolute Gasteiger partial charge is 0.214 e. The molecule has 0 aliphatic heterocycles. The maximum Gasteiger partial charge on any atom is 0.214 e. The highest BCUT2D eigenvalue weighted by Crippen LogP contribution is 2.27. The number of aromatic nitrogens is 1. The standard InChI is InChI=1S/C11H16N2O2/c1-15-11-4-2-3-10(13-11)12-7-8-5-9(14)6-8/h2-4,8-9,14H,5-7H2,1H3,(H,12,13). The Hall–Kier alpha value is -1.29. The number of rotatable bonds is 4. The van der Waals surface area contributed by atoms with Gasteiger partial charge in [-0.15, -0.1) is 0 Å². The van der Waals surface area contributed by atoms with Gasteiger partial charge in [0.15, 0.2) is 0 Å². The third-order valence-corrected chi connectivity index (χ3v) is 2.72. The van der Waals surface area contributed by atoms with Gasteiger partial charge in [-0.1, -0.05) is 6.07 Å². The molecule has 1 saturated carbocycles. The number of hydrogen-bond donors (Lipinski definition) is 2. The molecule has 0 aromatic carbocycles. The molecule has 0 radical (unpaired) electrons. The average Bonchev–Trinajstić information content (AvgIpc) is 2.23. The Balaban J connectivity index is 1.82. The van der Waals surface area contributed by atoms with E-state index in [0.717, 1.165) is 25.2 Å². The summed E-state index contributed by atoms with van der Waals surface area (Å²) in [5.74, 6) is 2.03. The van der Waals surface area contributed by atoms with Crippen molar-refractivity contribution in [3.63, 3.8) is 0 Å². The number of hydrogen-bond acceptors (Lipinski definition) is 4. The number of pyridine rings is 1. The van der Waals surface area contributed by atoms with Gasteiger partial charge in [-0.3, -0.25) is 0 Å². The Bertz CT molecular complexity index is 324. The molecule has 1 aliphatic rings. The highest BCUT2D eigenvalue weighted by molar-refractivity contribution is 5.37. The predicted octanol–water partition coefficient (Wildman–Crippen LogP) is 1.27. The largest absolute Gasteiger partial charge is 0.481 e. The van der Waals surface area contributed by atoms with Crippen LogP contribution in [0.15, 0.2) is 18.2 Å². The Kier molecular flexibility index (Phi) is 3.06. The monoisotopic (exact) mass is 208 g/mol. The summed E-state index contributed by atoms with van der Waals surface area (Å²) in [7, 11) is 1.61. The van der Waals surface area contributed by atoms with E-state index in [2.05, 4.69) is 10.3 Å². The molecule has 4 nitrogen and oxygen atoms in total. The van der Waals surface area contributed by atoms with E-state index in [1.54, 1.807) is 7.11 Å². The van der Waals surface area contributed by atoms with Gasteiger partial charge in [0.1, 0.15) is 5.82 Å². The highest BCUT2D eigenvalue weighted by atomic mass is 16.5. The summed E-state index contributed by atoms with van der Waals surface area (Å²) < 4.78 is 5.03. The lowest BCUT2D eigenvalue weighted by atomic mass is 9.82. The van der Waals surface area contributed by atoms with Crippen molar-refractivity contribution in [3.05, 3.63) is 18.2 Å². The number of methoxy groups -OCH3 is 1. The van der Waals surface area contributed by atoms with E-state index in [4.69, 9.17) is 9.84 Å². The zero-order valence-corrected chi connectivity index (χ0v) is 8.81. The second kappa shape index (κ2) is 4.49. The quantitative estimate of drug-likeness (QED) is 0.782. The fourth-order valence-electron chi connectivity index (χ4n) is 1.74. The molecule has 1 aliphatic carbocycles. The van der Waals surface area contributed by atoms with Crippen molar-refractivity contribution >= 4 is 5.82 Å². The van der Waals surface area contributed by atoms with Gasteiger partial charge in [0.25, 0.3) is 0 Å². The topological polar surface area (TPSA) is 54.4 Å². The maximum atomic E-state index is 9.13. The number of anilines is 1. The molecule has 0 amide bonds. The molecule has 1 heterocycles. The SMILES string of the molecule is COc1cccc(NCC2CC(O)C2)n1. The lowest BCUT2D eigenvalue weighted by molar-refractivity contribution is 0.0486. The molecule has 0 saturated heterocycles. The zero-order chi connectivity index (χ0) is 10.7. The maximum absolute atomic E-state index is 9.13. The Labute approximate surface area is 89.3 Å². The van der Waals surface area contributed by atoms with Crippen LogP contribution in [0.5, 0.6) is 5.88 Å². The number of nitrogens with zero attached hydrogens (tertiary/aromatic N) is 1. The van der Waals surface area contributed by atoms with Crippen molar-refractivity contribution < 1.29 is 9.84 Å². The van der Waals surface area contributed by atoms with E-state index < -0.39 is 0 Å². The molecular formula is C11H16N2O2. The summed E-state index contributed by atoms with van der Waals surface area (Å²) in [6, 6.07) is 5.64. The average molecular weight is 208 g/mol. The Morgan fingerprint density at radius 1 is 1.53 bits per heavy atom. The minimum Gasteiger partial charge on any atom is -0.481 e. The second-order valence-electron chi connectivity index (χ2n) is 3.94. The van der Waals surface area contributed by atoms with Gasteiger partial charge in [0.05, 0.1) is 13.2 Å². The zero-order valence-electron chi connectivity index (χ0n) is 8.81. The van der Waals surface area contributed by atoms with Crippen LogP contribution in [0, 0.1) is 5.92 Å². The molecule has 4 heteroatoms. The molecule has 0 atom stereocenters. The normalized spacial score (nSPS) is 24.4. The summed E-state index contributed by atoms with van der Waals surface area (Å²) in [6.45, 7) is 0.872. The van der Waals surface area contributed by atoms with Crippen molar-refractivity contribution in [2.45, 2.75) is 18.9 Å². The molecule has 1 aromatic rings. The van der Waals surface area contributed by atoms with Crippen LogP contribution >= 0.6 is 0 Å².